The van der Waals surface area contributed by atoms with E-state index in [-0.39, 0.29) is 23.9 Å². The van der Waals surface area contributed by atoms with Gasteiger partial charge in [0, 0.05) is 6.54 Å². The Kier molecular flexibility index (Phi) is 3.64. The second-order valence-electron chi connectivity index (χ2n) is 6.21. The molecule has 1 aliphatic carbocycles. The van der Waals surface area contributed by atoms with Crippen molar-refractivity contribution < 1.29 is 9.59 Å². The fourth-order valence-corrected chi connectivity index (χ4v) is 2.36. The van der Waals surface area contributed by atoms with Crippen LogP contribution in [0.15, 0.2) is 0 Å². The Hall–Kier alpha value is -1.06. The first kappa shape index (κ1) is 13.4. The molecule has 2 rings (SSSR count). The molecular weight excluding hydrogens is 228 g/mol. The van der Waals surface area contributed by atoms with Crippen LogP contribution >= 0.6 is 0 Å². The van der Waals surface area contributed by atoms with Crippen LogP contribution in [0.5, 0.6) is 0 Å². The summed E-state index contributed by atoms with van der Waals surface area (Å²) >= 11 is 0. The van der Waals surface area contributed by atoms with E-state index in [9.17, 15) is 9.59 Å². The first-order chi connectivity index (χ1) is 8.41. The van der Waals surface area contributed by atoms with Crippen LogP contribution in [0.2, 0.25) is 0 Å². The van der Waals surface area contributed by atoms with Crippen molar-refractivity contribution in [3.8, 4) is 0 Å². The summed E-state index contributed by atoms with van der Waals surface area (Å²) in [6, 6.07) is -0.582. The van der Waals surface area contributed by atoms with Gasteiger partial charge in [-0.1, -0.05) is 20.8 Å². The molecule has 0 aromatic rings. The number of hydrogen-bond acceptors (Lipinski definition) is 2. The number of amides is 2. The van der Waals surface area contributed by atoms with Crippen LogP contribution in [0.1, 0.15) is 40.5 Å². The predicted molar refractivity (Wildman–Crippen MR) is 69.8 cm³/mol. The van der Waals surface area contributed by atoms with Crippen molar-refractivity contribution in [1.29, 1.82) is 0 Å². The number of nitrogens with one attached hydrogen (secondary N) is 1. The zero-order valence-electron chi connectivity index (χ0n) is 11.8. The van der Waals surface area contributed by atoms with Crippen LogP contribution in [-0.2, 0) is 9.59 Å². The van der Waals surface area contributed by atoms with E-state index in [2.05, 4.69) is 26.1 Å². The second-order valence-corrected chi connectivity index (χ2v) is 6.21. The Morgan fingerprint density at radius 2 is 1.89 bits per heavy atom. The van der Waals surface area contributed by atoms with Crippen molar-refractivity contribution >= 4 is 11.8 Å². The molecule has 4 nitrogen and oxygen atoms in total. The van der Waals surface area contributed by atoms with Gasteiger partial charge in [-0.15, -0.1) is 0 Å². The van der Waals surface area contributed by atoms with Crippen molar-refractivity contribution in [2.24, 2.45) is 17.8 Å². The first-order valence-corrected chi connectivity index (χ1v) is 7.02. The lowest BCUT2D eigenvalue weighted by Gasteiger charge is -2.39. The van der Waals surface area contributed by atoms with E-state index >= 15 is 0 Å². The molecule has 3 atom stereocenters. The lowest BCUT2D eigenvalue weighted by molar-refractivity contribution is -0.150. The van der Waals surface area contributed by atoms with E-state index in [0.717, 1.165) is 12.8 Å². The number of nitrogens with zero attached hydrogens (tertiary/aromatic N) is 1. The van der Waals surface area contributed by atoms with Gasteiger partial charge in [-0.2, -0.15) is 0 Å². The molecule has 18 heavy (non-hydrogen) atoms. The van der Waals surface area contributed by atoms with E-state index < -0.39 is 0 Å². The number of rotatable bonds is 4. The zero-order chi connectivity index (χ0) is 13.4. The summed E-state index contributed by atoms with van der Waals surface area (Å²) in [6.45, 7) is 8.96. The predicted octanol–water partition coefficient (Wildman–Crippen LogP) is 1.40. The van der Waals surface area contributed by atoms with E-state index in [4.69, 9.17) is 0 Å². The highest BCUT2D eigenvalue weighted by atomic mass is 16.2. The molecule has 0 bridgehead atoms. The minimum absolute atomic E-state index is 0.00227. The van der Waals surface area contributed by atoms with Gasteiger partial charge in [0.2, 0.25) is 11.8 Å². The SMILES string of the molecule is CC(C)C(C)CN1C(=O)C(C2CC2)NC(=O)C1C. The highest BCUT2D eigenvalue weighted by Crippen LogP contribution is 2.35. The highest BCUT2D eigenvalue weighted by Gasteiger charge is 2.45. The minimum atomic E-state index is -0.325. The Labute approximate surface area is 109 Å². The standard InChI is InChI=1S/C14H24N2O2/c1-8(2)9(3)7-16-10(4)13(17)15-12(14(16)18)11-5-6-11/h8-12H,5-7H2,1-4H3,(H,15,17). The van der Waals surface area contributed by atoms with E-state index in [1.165, 1.54) is 0 Å². The molecule has 4 heteroatoms. The lowest BCUT2D eigenvalue weighted by atomic mass is 9.95. The number of carbonyl (C=O) groups is 2. The molecule has 2 amide bonds. The maximum absolute atomic E-state index is 12.4. The molecule has 0 aromatic carbocycles. The second kappa shape index (κ2) is 4.90. The summed E-state index contributed by atoms with van der Waals surface area (Å²) in [5.74, 6) is 1.45. The van der Waals surface area contributed by atoms with Crippen LogP contribution in [0, 0.1) is 17.8 Å². The Morgan fingerprint density at radius 3 is 2.39 bits per heavy atom. The highest BCUT2D eigenvalue weighted by molar-refractivity contribution is 5.97. The van der Waals surface area contributed by atoms with Gasteiger partial charge < -0.3 is 10.2 Å². The van der Waals surface area contributed by atoms with Gasteiger partial charge >= 0.3 is 0 Å². The maximum Gasteiger partial charge on any atom is 0.246 e. The molecule has 1 saturated heterocycles. The van der Waals surface area contributed by atoms with Crippen LogP contribution in [0.3, 0.4) is 0 Å². The monoisotopic (exact) mass is 252 g/mol. The van der Waals surface area contributed by atoms with Gasteiger partial charge in [0.1, 0.15) is 12.1 Å². The average molecular weight is 252 g/mol. The number of hydrogen-bond donors (Lipinski definition) is 1. The topological polar surface area (TPSA) is 49.4 Å². The molecule has 1 aliphatic heterocycles. The smallest absolute Gasteiger partial charge is 0.246 e. The summed E-state index contributed by atoms with van der Waals surface area (Å²) in [5, 5.41) is 2.88. The zero-order valence-corrected chi connectivity index (χ0v) is 11.8. The van der Waals surface area contributed by atoms with E-state index in [1.807, 2.05) is 6.92 Å². The number of carbonyl (C=O) groups excluding carboxylic acids is 2. The van der Waals surface area contributed by atoms with Crippen LogP contribution in [0.25, 0.3) is 0 Å². The van der Waals surface area contributed by atoms with Crippen LogP contribution in [-0.4, -0.2) is 35.3 Å². The van der Waals surface area contributed by atoms with Crippen LogP contribution < -0.4 is 5.32 Å². The fraction of sp³-hybridized carbons (Fsp3) is 0.857. The molecule has 2 aliphatic rings. The van der Waals surface area contributed by atoms with Gasteiger partial charge in [0.15, 0.2) is 0 Å². The van der Waals surface area contributed by atoms with Gasteiger partial charge in [-0.3, -0.25) is 9.59 Å². The molecule has 3 unspecified atom stereocenters. The molecule has 1 saturated carbocycles. The summed E-state index contributed by atoms with van der Waals surface area (Å²) in [7, 11) is 0. The van der Waals surface area contributed by atoms with Crippen molar-refractivity contribution in [2.75, 3.05) is 6.54 Å². The average Bonchev–Trinajstić information content (AvgIpc) is 3.12. The summed E-state index contributed by atoms with van der Waals surface area (Å²) in [6.07, 6.45) is 2.14. The summed E-state index contributed by atoms with van der Waals surface area (Å²) in [4.78, 5) is 26.2. The van der Waals surface area contributed by atoms with E-state index in [1.54, 1.807) is 4.90 Å². The van der Waals surface area contributed by atoms with Crippen molar-refractivity contribution in [3.05, 3.63) is 0 Å². The first-order valence-electron chi connectivity index (χ1n) is 7.02. The molecule has 0 radical (unpaired) electrons. The largest absolute Gasteiger partial charge is 0.342 e. The summed E-state index contributed by atoms with van der Waals surface area (Å²) in [5.41, 5.74) is 0. The van der Waals surface area contributed by atoms with E-state index in [0.29, 0.717) is 24.3 Å². The third-order valence-electron chi connectivity index (χ3n) is 4.41. The van der Waals surface area contributed by atoms with Gasteiger partial charge in [0.05, 0.1) is 0 Å². The quantitative estimate of drug-likeness (QED) is 0.822. The maximum atomic E-state index is 12.4. The molecule has 1 heterocycles. The fourth-order valence-electron chi connectivity index (χ4n) is 2.36. The lowest BCUT2D eigenvalue weighted by Crippen LogP contribution is -2.63. The Balaban J connectivity index is 2.09. The van der Waals surface area contributed by atoms with Gasteiger partial charge in [-0.25, -0.2) is 0 Å². The Morgan fingerprint density at radius 1 is 1.28 bits per heavy atom. The van der Waals surface area contributed by atoms with Crippen molar-refractivity contribution in [1.82, 2.24) is 10.2 Å². The normalized spacial score (nSPS) is 30.6. The third kappa shape index (κ3) is 2.52. The molecule has 102 valence electrons. The van der Waals surface area contributed by atoms with Crippen molar-refractivity contribution in [2.45, 2.75) is 52.6 Å². The van der Waals surface area contributed by atoms with Crippen molar-refractivity contribution in [3.63, 3.8) is 0 Å². The van der Waals surface area contributed by atoms with Gasteiger partial charge in [0.25, 0.3) is 0 Å². The molecule has 1 N–H and O–H groups in total. The molecule has 0 aromatic heterocycles. The summed E-state index contributed by atoms with van der Waals surface area (Å²) < 4.78 is 0. The molecular formula is C14H24N2O2. The third-order valence-corrected chi connectivity index (χ3v) is 4.41. The minimum Gasteiger partial charge on any atom is -0.342 e. The van der Waals surface area contributed by atoms with Crippen LogP contribution in [0.4, 0.5) is 0 Å². The van der Waals surface area contributed by atoms with Gasteiger partial charge in [-0.05, 0) is 37.5 Å². The molecule has 2 fully saturated rings. The molecule has 0 spiro atoms. The number of piperazine rings is 1. The Bertz CT molecular complexity index is 350.